The van der Waals surface area contributed by atoms with Gasteiger partial charge in [-0.05, 0) is 25.5 Å². The molecule has 0 spiro atoms. The number of aromatic nitrogens is 4. The number of nitrogens with one attached hydrogen (secondary N) is 1. The zero-order chi connectivity index (χ0) is 18.8. The predicted octanol–water partition coefficient (Wildman–Crippen LogP) is 4.34. The van der Waals surface area contributed by atoms with Gasteiger partial charge in [0.2, 0.25) is 5.91 Å². The van der Waals surface area contributed by atoms with Crippen molar-refractivity contribution in [2.75, 3.05) is 5.32 Å². The molecule has 3 aromatic rings. The molecule has 2 heterocycles. The highest BCUT2D eigenvalue weighted by Crippen LogP contribution is 2.23. The van der Waals surface area contributed by atoms with Crippen LogP contribution < -0.4 is 5.32 Å². The van der Waals surface area contributed by atoms with E-state index in [0.717, 1.165) is 11.3 Å². The molecule has 0 aliphatic carbocycles. The highest BCUT2D eigenvalue weighted by Gasteiger charge is 2.15. The van der Waals surface area contributed by atoms with Crippen molar-refractivity contribution in [3.8, 4) is 0 Å². The smallest absolute Gasteiger partial charge is 0.247 e. The van der Waals surface area contributed by atoms with Gasteiger partial charge in [-0.2, -0.15) is 10.2 Å². The van der Waals surface area contributed by atoms with Gasteiger partial charge in [0.05, 0.1) is 23.0 Å². The number of hydrogen-bond acceptors (Lipinski definition) is 3. The molecular weight excluding hydrogens is 397 g/mol. The van der Waals surface area contributed by atoms with Crippen molar-refractivity contribution in [3.63, 3.8) is 0 Å². The van der Waals surface area contributed by atoms with Crippen LogP contribution in [0.3, 0.4) is 0 Å². The summed E-state index contributed by atoms with van der Waals surface area (Å²) in [4.78, 5) is 12.3. The minimum Gasteiger partial charge on any atom is -0.306 e. The van der Waals surface area contributed by atoms with Crippen LogP contribution in [0.2, 0.25) is 15.1 Å². The van der Waals surface area contributed by atoms with E-state index in [9.17, 15) is 4.79 Å². The van der Waals surface area contributed by atoms with E-state index in [-0.39, 0.29) is 18.3 Å². The maximum atomic E-state index is 12.3. The Morgan fingerprint density at radius 3 is 2.50 bits per heavy atom. The van der Waals surface area contributed by atoms with Gasteiger partial charge in [0.1, 0.15) is 11.6 Å². The summed E-state index contributed by atoms with van der Waals surface area (Å²) in [6.07, 6.45) is 1.64. The third kappa shape index (κ3) is 4.03. The van der Waals surface area contributed by atoms with Gasteiger partial charge in [-0.15, -0.1) is 0 Å². The first kappa shape index (κ1) is 18.8. The number of nitrogens with zero attached hydrogens (tertiary/aromatic N) is 4. The van der Waals surface area contributed by atoms with Crippen molar-refractivity contribution in [1.29, 1.82) is 0 Å². The van der Waals surface area contributed by atoms with Gasteiger partial charge in [0, 0.05) is 11.2 Å². The molecule has 0 radical (unpaired) electrons. The molecule has 6 nitrogen and oxygen atoms in total. The van der Waals surface area contributed by atoms with Crippen LogP contribution in [-0.2, 0) is 17.9 Å². The Kier molecular flexibility index (Phi) is 5.55. The number of benzene rings is 1. The fourth-order valence-electron chi connectivity index (χ4n) is 2.50. The number of anilines is 1. The van der Waals surface area contributed by atoms with Gasteiger partial charge in [-0.3, -0.25) is 14.2 Å². The lowest BCUT2D eigenvalue weighted by molar-refractivity contribution is -0.117. The lowest BCUT2D eigenvalue weighted by Crippen LogP contribution is -2.21. The first-order chi connectivity index (χ1) is 12.3. The van der Waals surface area contributed by atoms with E-state index in [0.29, 0.717) is 27.3 Å². The van der Waals surface area contributed by atoms with Gasteiger partial charge in [0.25, 0.3) is 0 Å². The number of carbonyl (C=O) groups excluding carboxylic acids is 1. The van der Waals surface area contributed by atoms with Crippen molar-refractivity contribution in [2.45, 2.75) is 26.9 Å². The summed E-state index contributed by atoms with van der Waals surface area (Å²) >= 11 is 18.4. The first-order valence-corrected chi connectivity index (χ1v) is 8.94. The molecule has 136 valence electrons. The Morgan fingerprint density at radius 2 is 1.85 bits per heavy atom. The first-order valence-electron chi connectivity index (χ1n) is 7.81. The van der Waals surface area contributed by atoms with Crippen molar-refractivity contribution in [3.05, 3.63) is 62.5 Å². The molecule has 9 heteroatoms. The normalized spacial score (nSPS) is 11.0. The van der Waals surface area contributed by atoms with Crippen LogP contribution in [-0.4, -0.2) is 25.5 Å². The van der Waals surface area contributed by atoms with Gasteiger partial charge < -0.3 is 5.32 Å². The fraction of sp³-hybridized carbons (Fsp3) is 0.235. The van der Waals surface area contributed by atoms with Crippen molar-refractivity contribution in [2.24, 2.45) is 0 Å². The molecule has 2 aromatic heterocycles. The summed E-state index contributed by atoms with van der Waals surface area (Å²) in [6, 6.07) is 7.47. The highest BCUT2D eigenvalue weighted by atomic mass is 35.5. The van der Waals surface area contributed by atoms with E-state index in [1.165, 1.54) is 0 Å². The highest BCUT2D eigenvalue weighted by molar-refractivity contribution is 6.33. The van der Waals surface area contributed by atoms with E-state index in [4.69, 9.17) is 34.8 Å². The molecule has 3 rings (SSSR count). The Balaban J connectivity index is 1.70. The van der Waals surface area contributed by atoms with Crippen molar-refractivity contribution < 1.29 is 4.79 Å². The summed E-state index contributed by atoms with van der Waals surface area (Å²) < 4.78 is 3.17. The average Bonchev–Trinajstić information content (AvgIpc) is 3.04. The molecule has 1 N–H and O–H groups in total. The summed E-state index contributed by atoms with van der Waals surface area (Å²) in [5, 5.41) is 12.8. The molecule has 0 saturated heterocycles. The summed E-state index contributed by atoms with van der Waals surface area (Å²) in [5.74, 6) is -0.00601. The Morgan fingerprint density at radius 1 is 1.12 bits per heavy atom. The molecule has 0 atom stereocenters. The van der Waals surface area contributed by atoms with Crippen LogP contribution in [0.1, 0.15) is 17.0 Å². The molecule has 0 bridgehead atoms. The van der Waals surface area contributed by atoms with E-state index < -0.39 is 0 Å². The summed E-state index contributed by atoms with van der Waals surface area (Å²) in [6.45, 7) is 4.06. The Labute approximate surface area is 165 Å². The van der Waals surface area contributed by atoms with E-state index in [1.807, 2.05) is 24.3 Å². The summed E-state index contributed by atoms with van der Waals surface area (Å²) in [7, 11) is 0. The molecule has 0 aliphatic heterocycles. The average molecular weight is 413 g/mol. The summed E-state index contributed by atoms with van der Waals surface area (Å²) in [5.41, 5.74) is 2.32. The Bertz CT molecular complexity index is 963. The zero-order valence-corrected chi connectivity index (χ0v) is 16.4. The Hall–Kier alpha value is -2.02. The maximum Gasteiger partial charge on any atom is 0.247 e. The number of rotatable bonds is 5. The van der Waals surface area contributed by atoms with Crippen LogP contribution in [0, 0.1) is 13.8 Å². The van der Waals surface area contributed by atoms with E-state index in [1.54, 1.807) is 29.4 Å². The van der Waals surface area contributed by atoms with Crippen LogP contribution in [0.5, 0.6) is 0 Å². The molecule has 26 heavy (non-hydrogen) atoms. The molecule has 0 fully saturated rings. The molecule has 1 amide bonds. The molecule has 1 aromatic carbocycles. The minimum atomic E-state index is -0.294. The molecule has 0 saturated carbocycles. The second kappa shape index (κ2) is 7.70. The van der Waals surface area contributed by atoms with Gasteiger partial charge >= 0.3 is 0 Å². The minimum absolute atomic E-state index is 0.0209. The number of amides is 1. The third-order valence-corrected chi connectivity index (χ3v) is 5.04. The van der Waals surface area contributed by atoms with Gasteiger partial charge in [-0.25, -0.2) is 0 Å². The lowest BCUT2D eigenvalue weighted by Gasteiger charge is -2.06. The maximum absolute atomic E-state index is 12.3. The van der Waals surface area contributed by atoms with Crippen LogP contribution in [0.4, 0.5) is 5.82 Å². The largest absolute Gasteiger partial charge is 0.306 e. The lowest BCUT2D eigenvalue weighted by atomic mass is 10.2. The topological polar surface area (TPSA) is 64.7 Å². The second-order valence-corrected chi connectivity index (χ2v) is 7.00. The quantitative estimate of drug-likeness (QED) is 0.678. The number of hydrogen-bond donors (Lipinski definition) is 1. The zero-order valence-electron chi connectivity index (χ0n) is 14.1. The van der Waals surface area contributed by atoms with Crippen LogP contribution in [0.25, 0.3) is 0 Å². The SMILES string of the molecule is Cc1nn(CC(=O)Nc2nn(Cc3ccccc3Cl)cc2Cl)c(C)c1Cl. The second-order valence-electron chi connectivity index (χ2n) is 5.81. The fourth-order valence-corrected chi connectivity index (χ4v) is 3.03. The standard InChI is InChI=1S/C17H16Cl3N5O/c1-10-16(20)11(2)25(22-10)9-15(26)21-17-14(19)8-24(23-17)7-12-5-3-4-6-13(12)18/h3-6,8H,7,9H2,1-2H3,(H,21,23,26). The third-order valence-electron chi connectivity index (χ3n) is 3.85. The van der Waals surface area contributed by atoms with Crippen molar-refractivity contribution >= 4 is 46.5 Å². The monoisotopic (exact) mass is 411 g/mol. The van der Waals surface area contributed by atoms with Gasteiger partial charge in [-0.1, -0.05) is 53.0 Å². The number of aryl methyl sites for hydroxylation is 1. The van der Waals surface area contributed by atoms with E-state index >= 15 is 0 Å². The van der Waals surface area contributed by atoms with Gasteiger partial charge in [0.15, 0.2) is 5.82 Å². The number of carbonyl (C=O) groups is 1. The molecular formula is C17H16Cl3N5O. The number of halogens is 3. The molecule has 0 unspecified atom stereocenters. The van der Waals surface area contributed by atoms with Crippen LogP contribution >= 0.6 is 34.8 Å². The van der Waals surface area contributed by atoms with Crippen LogP contribution in [0.15, 0.2) is 30.5 Å². The predicted molar refractivity (Wildman–Crippen MR) is 103 cm³/mol. The van der Waals surface area contributed by atoms with Crippen molar-refractivity contribution in [1.82, 2.24) is 19.6 Å². The van der Waals surface area contributed by atoms with E-state index in [2.05, 4.69) is 15.5 Å². The molecule has 0 aliphatic rings.